The Bertz CT molecular complexity index is 2440. The molecule has 0 aliphatic rings. The largest absolute Gasteiger partial charge is 0.0622 e. The summed E-state index contributed by atoms with van der Waals surface area (Å²) in [5.74, 6) is 0. The van der Waals surface area contributed by atoms with Crippen LogP contribution in [0.4, 0.5) is 0 Å². The van der Waals surface area contributed by atoms with Crippen molar-refractivity contribution in [3.63, 3.8) is 0 Å². The average molecular weight is 615 g/mol. The number of hydrogen-bond donors (Lipinski definition) is 0. The van der Waals surface area contributed by atoms with Crippen molar-refractivity contribution in [1.82, 2.24) is 0 Å². The first-order valence-corrected chi connectivity index (χ1v) is 17.5. The Morgan fingerprint density at radius 2 is 0.766 bits per heavy atom. The van der Waals surface area contributed by atoms with Gasteiger partial charge in [0.05, 0.1) is 0 Å². The first-order chi connectivity index (χ1) is 23.3. The number of benzene rings is 9. The van der Waals surface area contributed by atoms with Crippen LogP contribution in [0.15, 0.2) is 188 Å². The molecule has 9 aromatic rings. The van der Waals surface area contributed by atoms with Crippen molar-refractivity contribution in [2.24, 2.45) is 0 Å². The van der Waals surface area contributed by atoms with Gasteiger partial charge in [-0.15, -0.1) is 0 Å². The second kappa shape index (κ2) is 11.7. The Morgan fingerprint density at radius 1 is 0.277 bits per heavy atom. The van der Waals surface area contributed by atoms with Gasteiger partial charge in [-0.2, -0.15) is 0 Å². The Morgan fingerprint density at radius 3 is 1.43 bits per heavy atom. The summed E-state index contributed by atoms with van der Waals surface area (Å²) in [5.41, 5.74) is 7.45. The van der Waals surface area contributed by atoms with Crippen LogP contribution in [0.25, 0.3) is 65.7 Å². The molecule has 0 aromatic heterocycles. The first kappa shape index (κ1) is 27.7. The van der Waals surface area contributed by atoms with E-state index in [1.807, 2.05) is 0 Å². The molecule has 0 saturated heterocycles. The van der Waals surface area contributed by atoms with Gasteiger partial charge in [0.2, 0.25) is 0 Å². The lowest BCUT2D eigenvalue weighted by molar-refractivity contribution is 1.59. The van der Waals surface area contributed by atoms with Gasteiger partial charge < -0.3 is 0 Å². The van der Waals surface area contributed by atoms with Crippen LogP contribution in [0.3, 0.4) is 0 Å². The molecule has 0 aliphatic heterocycles. The van der Waals surface area contributed by atoms with E-state index < -0.39 is 7.92 Å². The second-order valence-corrected chi connectivity index (χ2v) is 14.4. The predicted octanol–water partition coefficient (Wildman–Crippen LogP) is 11.3. The normalized spacial score (nSPS) is 11.6. The van der Waals surface area contributed by atoms with Gasteiger partial charge in [-0.3, -0.25) is 0 Å². The van der Waals surface area contributed by atoms with Gasteiger partial charge >= 0.3 is 0 Å². The Hall–Kier alpha value is -5.55. The molecule has 0 heterocycles. The standard InChI is InChI=1S/C46H31P/c1-3-15-40(16-4-1)47(41-17-5-2-6-18-41)42-19-9-13-38(31-42)33-22-20-32(21-23-33)37-12-8-14-39(30-37)43-28-26-36-25-24-34-10-7-11-35-27-29-44(43)46(36)45(34)35/h1-31H. The third kappa shape index (κ3) is 4.99. The van der Waals surface area contributed by atoms with Crippen LogP contribution in [0.2, 0.25) is 0 Å². The van der Waals surface area contributed by atoms with Gasteiger partial charge in [-0.05, 0) is 102 Å². The summed E-state index contributed by atoms with van der Waals surface area (Å²) < 4.78 is 0. The summed E-state index contributed by atoms with van der Waals surface area (Å²) in [5, 5.41) is 12.0. The van der Waals surface area contributed by atoms with E-state index in [0.717, 1.165) is 0 Å². The lowest BCUT2D eigenvalue weighted by atomic mass is 9.89. The third-order valence-corrected chi connectivity index (χ3v) is 11.8. The van der Waals surface area contributed by atoms with Crippen molar-refractivity contribution in [1.29, 1.82) is 0 Å². The van der Waals surface area contributed by atoms with Crippen LogP contribution in [0, 0.1) is 0 Å². The highest BCUT2D eigenvalue weighted by Gasteiger charge is 2.17. The fourth-order valence-electron chi connectivity index (χ4n) is 7.13. The van der Waals surface area contributed by atoms with Gasteiger partial charge in [0.15, 0.2) is 0 Å². The van der Waals surface area contributed by atoms with Crippen LogP contribution in [-0.4, -0.2) is 0 Å². The molecule has 0 bridgehead atoms. The van der Waals surface area contributed by atoms with Crippen LogP contribution in [0.5, 0.6) is 0 Å². The van der Waals surface area contributed by atoms with E-state index in [2.05, 4.69) is 188 Å². The SMILES string of the molecule is c1ccc(P(c2ccccc2)c2cccc(-c3ccc(-c4cccc(-c5ccc6ccc7cccc8ccc5c6c78)c4)cc3)c2)cc1. The summed E-state index contributed by atoms with van der Waals surface area (Å²) in [6, 6.07) is 69.3. The Labute approximate surface area is 276 Å². The highest BCUT2D eigenvalue weighted by atomic mass is 31.1. The van der Waals surface area contributed by atoms with Gasteiger partial charge in [0.1, 0.15) is 0 Å². The lowest BCUT2D eigenvalue weighted by Gasteiger charge is -2.20. The quantitative estimate of drug-likeness (QED) is 0.129. The zero-order valence-corrected chi connectivity index (χ0v) is 26.7. The molecule has 220 valence electrons. The maximum Gasteiger partial charge on any atom is -0.00206 e. The molecular weight excluding hydrogens is 583 g/mol. The molecule has 47 heavy (non-hydrogen) atoms. The van der Waals surface area contributed by atoms with Crippen molar-refractivity contribution in [2.45, 2.75) is 0 Å². The third-order valence-electron chi connectivity index (χ3n) is 9.39. The van der Waals surface area contributed by atoms with E-state index in [9.17, 15) is 0 Å². The molecule has 0 saturated carbocycles. The van der Waals surface area contributed by atoms with E-state index in [1.165, 1.54) is 81.6 Å². The molecule has 0 unspecified atom stereocenters. The summed E-state index contributed by atoms with van der Waals surface area (Å²) in [4.78, 5) is 0. The molecule has 0 aliphatic carbocycles. The van der Waals surface area contributed by atoms with Crippen LogP contribution >= 0.6 is 7.92 Å². The molecule has 0 atom stereocenters. The smallest absolute Gasteiger partial charge is 0.00206 e. The predicted molar refractivity (Wildman–Crippen MR) is 205 cm³/mol. The topological polar surface area (TPSA) is 0 Å². The average Bonchev–Trinajstić information content (AvgIpc) is 3.15. The van der Waals surface area contributed by atoms with Gasteiger partial charge in [-0.25, -0.2) is 0 Å². The fourth-order valence-corrected chi connectivity index (χ4v) is 9.47. The molecular formula is C46H31P. The fraction of sp³-hybridized carbons (Fsp3) is 0. The number of hydrogen-bond acceptors (Lipinski definition) is 0. The Kier molecular flexibility index (Phi) is 6.89. The van der Waals surface area contributed by atoms with E-state index in [4.69, 9.17) is 0 Å². The van der Waals surface area contributed by atoms with Crippen molar-refractivity contribution in [3.05, 3.63) is 188 Å². The second-order valence-electron chi connectivity index (χ2n) is 12.2. The van der Waals surface area contributed by atoms with Crippen LogP contribution in [0.1, 0.15) is 0 Å². The minimum Gasteiger partial charge on any atom is -0.0622 e. The maximum atomic E-state index is 2.38. The number of rotatable bonds is 6. The summed E-state index contributed by atoms with van der Waals surface area (Å²) in [7, 11) is -0.648. The van der Waals surface area contributed by atoms with E-state index >= 15 is 0 Å². The Balaban J connectivity index is 1.06. The van der Waals surface area contributed by atoms with Crippen LogP contribution < -0.4 is 15.9 Å². The summed E-state index contributed by atoms with van der Waals surface area (Å²) >= 11 is 0. The van der Waals surface area contributed by atoms with Gasteiger partial charge in [-0.1, -0.05) is 176 Å². The zero-order chi connectivity index (χ0) is 31.2. The van der Waals surface area contributed by atoms with E-state index in [1.54, 1.807) is 0 Å². The molecule has 0 fully saturated rings. The summed E-state index contributed by atoms with van der Waals surface area (Å²) in [6.07, 6.45) is 0. The highest BCUT2D eigenvalue weighted by molar-refractivity contribution is 7.79. The molecule has 0 radical (unpaired) electrons. The first-order valence-electron chi connectivity index (χ1n) is 16.2. The summed E-state index contributed by atoms with van der Waals surface area (Å²) in [6.45, 7) is 0. The van der Waals surface area contributed by atoms with Gasteiger partial charge in [0.25, 0.3) is 0 Å². The zero-order valence-electron chi connectivity index (χ0n) is 25.8. The lowest BCUT2D eigenvalue weighted by Crippen LogP contribution is -2.20. The van der Waals surface area contributed by atoms with Gasteiger partial charge in [0, 0.05) is 0 Å². The molecule has 1 heteroatoms. The van der Waals surface area contributed by atoms with Crippen molar-refractivity contribution >= 4 is 56.2 Å². The van der Waals surface area contributed by atoms with Crippen molar-refractivity contribution < 1.29 is 0 Å². The monoisotopic (exact) mass is 614 g/mol. The molecule has 0 spiro atoms. The molecule has 0 N–H and O–H groups in total. The highest BCUT2D eigenvalue weighted by Crippen LogP contribution is 2.40. The minimum absolute atomic E-state index is 0.648. The maximum absolute atomic E-state index is 2.38. The van der Waals surface area contributed by atoms with Crippen molar-refractivity contribution in [3.8, 4) is 33.4 Å². The van der Waals surface area contributed by atoms with E-state index in [0.29, 0.717) is 0 Å². The molecule has 9 aromatic carbocycles. The molecule has 0 nitrogen and oxygen atoms in total. The molecule has 0 amide bonds. The minimum atomic E-state index is -0.648. The van der Waals surface area contributed by atoms with Crippen molar-refractivity contribution in [2.75, 3.05) is 0 Å². The molecule has 9 rings (SSSR count). The van der Waals surface area contributed by atoms with Crippen LogP contribution in [-0.2, 0) is 0 Å². The van der Waals surface area contributed by atoms with E-state index in [-0.39, 0.29) is 0 Å².